The molecular weight excluding hydrogens is 291 g/mol. The average molecular weight is 310 g/mol. The summed E-state index contributed by atoms with van der Waals surface area (Å²) in [6.07, 6.45) is 1.49. The molecule has 0 atom stereocenters. The molecule has 0 amide bonds. The van der Waals surface area contributed by atoms with Crippen molar-refractivity contribution < 1.29 is 9.47 Å². The van der Waals surface area contributed by atoms with E-state index in [0.717, 1.165) is 18.5 Å². The van der Waals surface area contributed by atoms with Crippen LogP contribution in [-0.2, 0) is 9.47 Å². The predicted molar refractivity (Wildman–Crippen MR) is 72.4 cm³/mol. The molecule has 0 aromatic heterocycles. The van der Waals surface area contributed by atoms with Crippen LogP contribution in [0.2, 0.25) is 0 Å². The zero-order chi connectivity index (χ0) is 12.2. The Morgan fingerprint density at radius 1 is 1.19 bits per heavy atom. The maximum atomic E-state index is 5.03. The van der Waals surface area contributed by atoms with Gasteiger partial charge in [-0.2, -0.15) is 0 Å². The fraction of sp³-hybridized carbons (Fsp3) is 0.500. The third kappa shape index (κ3) is 8.11. The number of alkyl halides is 2. The Labute approximate surface area is 111 Å². The summed E-state index contributed by atoms with van der Waals surface area (Å²) in [6, 6.07) is 10.3. The standard InChI is InChI=1S/C7H8.C4H7BrO2.CH3Cl/c1-7-5-3-2-4-6-7;5-3-4-6-1-2-7-4;1-2/h2-6H,1H3;4H,1-3H2;1H3. The average Bonchev–Trinajstić information content (AvgIpc) is 2.86. The van der Waals surface area contributed by atoms with Crippen molar-refractivity contribution in [2.75, 3.05) is 24.9 Å². The van der Waals surface area contributed by atoms with Crippen molar-refractivity contribution in [2.24, 2.45) is 0 Å². The van der Waals surface area contributed by atoms with E-state index in [4.69, 9.17) is 9.47 Å². The SMILES string of the molecule is BrCC1OCCO1.CCl.Cc1ccccc1. The third-order valence-electron chi connectivity index (χ3n) is 1.76. The van der Waals surface area contributed by atoms with Gasteiger partial charge in [-0.3, -0.25) is 0 Å². The Hall–Kier alpha value is -0.0900. The van der Waals surface area contributed by atoms with E-state index in [1.807, 2.05) is 18.2 Å². The maximum Gasteiger partial charge on any atom is 0.167 e. The number of rotatable bonds is 1. The molecule has 1 saturated heterocycles. The molecule has 16 heavy (non-hydrogen) atoms. The quantitative estimate of drug-likeness (QED) is 0.738. The normalized spacial score (nSPS) is 14.5. The Balaban J connectivity index is 0.000000244. The topological polar surface area (TPSA) is 18.5 Å². The Morgan fingerprint density at radius 3 is 1.94 bits per heavy atom. The summed E-state index contributed by atoms with van der Waals surface area (Å²) in [7, 11) is 0. The van der Waals surface area contributed by atoms with Gasteiger partial charge in [-0.1, -0.05) is 51.8 Å². The molecule has 1 aliphatic heterocycles. The summed E-state index contributed by atoms with van der Waals surface area (Å²) in [5, 5.41) is 0.785. The molecule has 0 aliphatic carbocycles. The highest BCUT2D eigenvalue weighted by atomic mass is 79.9. The molecule has 1 aromatic carbocycles. The Kier molecular flexibility index (Phi) is 11.3. The first-order valence-electron chi connectivity index (χ1n) is 5.01. The van der Waals surface area contributed by atoms with Gasteiger partial charge in [0.2, 0.25) is 0 Å². The fourth-order valence-corrected chi connectivity index (χ4v) is 1.40. The van der Waals surface area contributed by atoms with Gasteiger partial charge < -0.3 is 9.47 Å². The molecule has 1 fully saturated rings. The minimum atomic E-state index is 0.0139. The van der Waals surface area contributed by atoms with Gasteiger partial charge in [0, 0.05) is 6.38 Å². The summed E-state index contributed by atoms with van der Waals surface area (Å²) in [4.78, 5) is 0. The number of benzene rings is 1. The lowest BCUT2D eigenvalue weighted by atomic mass is 10.2. The van der Waals surface area contributed by atoms with Crippen molar-refractivity contribution in [3.05, 3.63) is 35.9 Å². The van der Waals surface area contributed by atoms with Crippen LogP contribution >= 0.6 is 27.5 Å². The largest absolute Gasteiger partial charge is 0.349 e. The maximum absolute atomic E-state index is 5.03. The van der Waals surface area contributed by atoms with Crippen molar-refractivity contribution in [1.82, 2.24) is 0 Å². The molecule has 0 N–H and O–H groups in total. The number of halogens is 2. The molecule has 1 aliphatic rings. The van der Waals surface area contributed by atoms with E-state index in [9.17, 15) is 0 Å². The van der Waals surface area contributed by atoms with E-state index in [0.29, 0.717) is 0 Å². The number of ether oxygens (including phenoxy) is 2. The number of hydrogen-bond donors (Lipinski definition) is 0. The highest BCUT2D eigenvalue weighted by Crippen LogP contribution is 2.04. The number of aryl methyl sites for hydroxylation is 1. The highest BCUT2D eigenvalue weighted by Gasteiger charge is 2.12. The minimum absolute atomic E-state index is 0.0139. The van der Waals surface area contributed by atoms with Crippen LogP contribution in [0.25, 0.3) is 0 Å². The summed E-state index contributed by atoms with van der Waals surface area (Å²) in [5.41, 5.74) is 1.32. The molecule has 1 heterocycles. The lowest BCUT2D eigenvalue weighted by Gasteiger charge is -2.00. The van der Waals surface area contributed by atoms with Crippen LogP contribution in [0, 0.1) is 6.92 Å². The van der Waals surface area contributed by atoms with Crippen LogP contribution in [0.1, 0.15) is 5.56 Å². The monoisotopic (exact) mass is 308 g/mol. The summed E-state index contributed by atoms with van der Waals surface area (Å²) in [6.45, 7) is 3.58. The van der Waals surface area contributed by atoms with E-state index in [1.165, 1.54) is 11.9 Å². The van der Waals surface area contributed by atoms with Gasteiger partial charge in [0.15, 0.2) is 6.29 Å². The van der Waals surface area contributed by atoms with Crippen LogP contribution in [0.5, 0.6) is 0 Å². The van der Waals surface area contributed by atoms with Gasteiger partial charge in [-0.25, -0.2) is 0 Å². The predicted octanol–water partition coefficient (Wildman–Crippen LogP) is 3.60. The van der Waals surface area contributed by atoms with Gasteiger partial charge in [0.1, 0.15) is 0 Å². The molecule has 0 unspecified atom stereocenters. The second-order valence-corrected chi connectivity index (χ2v) is 3.63. The first-order chi connectivity index (χ1) is 7.83. The van der Waals surface area contributed by atoms with Crippen LogP contribution < -0.4 is 0 Å². The molecule has 2 nitrogen and oxygen atoms in total. The van der Waals surface area contributed by atoms with E-state index in [1.54, 1.807) is 0 Å². The van der Waals surface area contributed by atoms with Crippen molar-refractivity contribution >= 4 is 27.5 Å². The third-order valence-corrected chi connectivity index (χ3v) is 2.29. The lowest BCUT2D eigenvalue weighted by Crippen LogP contribution is -2.07. The van der Waals surface area contributed by atoms with Gasteiger partial charge in [0.25, 0.3) is 0 Å². The first-order valence-corrected chi connectivity index (χ1v) is 6.89. The van der Waals surface area contributed by atoms with Crippen molar-refractivity contribution in [2.45, 2.75) is 13.2 Å². The molecule has 0 radical (unpaired) electrons. The first kappa shape index (κ1) is 15.9. The second-order valence-electron chi connectivity index (χ2n) is 2.98. The fourth-order valence-electron chi connectivity index (χ4n) is 1.03. The molecule has 92 valence electrons. The van der Waals surface area contributed by atoms with Gasteiger partial charge in [-0.05, 0) is 6.92 Å². The lowest BCUT2D eigenvalue weighted by molar-refractivity contribution is -0.0205. The van der Waals surface area contributed by atoms with Gasteiger partial charge in [0.05, 0.1) is 18.5 Å². The number of hydrogen-bond acceptors (Lipinski definition) is 2. The highest BCUT2D eigenvalue weighted by molar-refractivity contribution is 9.09. The summed E-state index contributed by atoms with van der Waals surface area (Å²) in [5.74, 6) is 0. The Bertz CT molecular complexity index is 238. The molecule has 0 spiro atoms. The van der Waals surface area contributed by atoms with Crippen LogP contribution in [0.3, 0.4) is 0 Å². The van der Waals surface area contributed by atoms with Crippen LogP contribution in [-0.4, -0.2) is 31.2 Å². The molecule has 2 rings (SSSR count). The van der Waals surface area contributed by atoms with Crippen LogP contribution in [0.15, 0.2) is 30.3 Å². The van der Waals surface area contributed by atoms with E-state index >= 15 is 0 Å². The van der Waals surface area contributed by atoms with Crippen molar-refractivity contribution in [1.29, 1.82) is 0 Å². The summed E-state index contributed by atoms with van der Waals surface area (Å²) < 4.78 is 10.1. The van der Waals surface area contributed by atoms with Crippen molar-refractivity contribution in [3.8, 4) is 0 Å². The molecule has 0 saturated carbocycles. The van der Waals surface area contributed by atoms with Crippen molar-refractivity contribution in [3.63, 3.8) is 0 Å². The van der Waals surface area contributed by atoms with Gasteiger partial charge in [-0.15, -0.1) is 11.6 Å². The molecule has 0 bridgehead atoms. The summed E-state index contributed by atoms with van der Waals surface area (Å²) >= 11 is 7.87. The van der Waals surface area contributed by atoms with E-state index < -0.39 is 0 Å². The smallest absolute Gasteiger partial charge is 0.167 e. The second kappa shape index (κ2) is 11.4. The molecule has 1 aromatic rings. The van der Waals surface area contributed by atoms with E-state index in [2.05, 4.69) is 46.6 Å². The van der Waals surface area contributed by atoms with E-state index in [-0.39, 0.29) is 6.29 Å². The zero-order valence-electron chi connectivity index (χ0n) is 9.66. The molecular formula is C12H18BrClO2. The zero-order valence-corrected chi connectivity index (χ0v) is 12.0. The minimum Gasteiger partial charge on any atom is -0.349 e. The van der Waals surface area contributed by atoms with Crippen LogP contribution in [0.4, 0.5) is 0 Å². The molecule has 4 heteroatoms. The van der Waals surface area contributed by atoms with Gasteiger partial charge >= 0.3 is 0 Å². The Morgan fingerprint density at radius 2 is 1.69 bits per heavy atom.